The number of carbonyl (C=O) groups excluding carboxylic acids is 1. The first-order chi connectivity index (χ1) is 9.74. The zero-order valence-corrected chi connectivity index (χ0v) is 11.2. The van der Waals surface area contributed by atoms with Gasteiger partial charge in [0.25, 0.3) is 0 Å². The normalized spacial score (nSPS) is 10.9. The minimum Gasteiger partial charge on any atom is -0.497 e. The molecule has 0 unspecified atom stereocenters. The smallest absolute Gasteiger partial charge is 0.361 e. The van der Waals surface area contributed by atoms with E-state index in [1.54, 1.807) is 24.6 Å². The summed E-state index contributed by atoms with van der Waals surface area (Å²) in [6, 6.07) is 9.33. The second-order valence-electron chi connectivity index (χ2n) is 4.21. The lowest BCUT2D eigenvalue weighted by molar-refractivity contribution is 0.0521. The standard InChI is InChI=1S/C14H13N3O3/c1-3-20-14(18)13-12-6-4-9-8-10(19-2)5-7-11(9)17(12)16-15-13/h4-8H,3H2,1-2H3. The molecule has 0 bridgehead atoms. The third-order valence-corrected chi connectivity index (χ3v) is 3.06. The molecule has 0 spiro atoms. The van der Waals surface area contributed by atoms with Crippen LogP contribution in [0.15, 0.2) is 30.3 Å². The number of hydrogen-bond donors (Lipinski definition) is 0. The fourth-order valence-electron chi connectivity index (χ4n) is 2.12. The topological polar surface area (TPSA) is 65.7 Å². The van der Waals surface area contributed by atoms with Gasteiger partial charge in [-0.3, -0.25) is 0 Å². The fraction of sp³-hybridized carbons (Fsp3) is 0.214. The van der Waals surface area contributed by atoms with Crippen molar-refractivity contribution in [1.29, 1.82) is 0 Å². The SMILES string of the molecule is CCOC(=O)c1nnn2c1ccc1cc(OC)ccc12. The molecule has 1 aromatic carbocycles. The number of nitrogens with zero attached hydrogens (tertiary/aromatic N) is 3. The number of pyridine rings is 1. The Morgan fingerprint density at radius 1 is 1.25 bits per heavy atom. The quantitative estimate of drug-likeness (QED) is 0.682. The van der Waals surface area contributed by atoms with E-state index in [9.17, 15) is 4.79 Å². The predicted molar refractivity (Wildman–Crippen MR) is 73.0 cm³/mol. The van der Waals surface area contributed by atoms with E-state index in [-0.39, 0.29) is 5.69 Å². The molecule has 3 rings (SSSR count). The van der Waals surface area contributed by atoms with Crippen molar-refractivity contribution in [3.63, 3.8) is 0 Å². The van der Waals surface area contributed by atoms with Crippen LogP contribution in [0.25, 0.3) is 16.4 Å². The Labute approximate surface area is 114 Å². The second-order valence-corrected chi connectivity index (χ2v) is 4.21. The van der Waals surface area contributed by atoms with Gasteiger partial charge < -0.3 is 9.47 Å². The first-order valence-electron chi connectivity index (χ1n) is 6.24. The highest BCUT2D eigenvalue weighted by Crippen LogP contribution is 2.22. The maximum Gasteiger partial charge on any atom is 0.361 e. The van der Waals surface area contributed by atoms with Gasteiger partial charge in [0.2, 0.25) is 0 Å². The minimum atomic E-state index is -0.463. The van der Waals surface area contributed by atoms with Gasteiger partial charge in [-0.15, -0.1) is 5.10 Å². The molecule has 0 saturated carbocycles. The molecule has 0 radical (unpaired) electrons. The van der Waals surface area contributed by atoms with Crippen LogP contribution in [0.1, 0.15) is 17.4 Å². The molecule has 0 aliphatic carbocycles. The summed E-state index contributed by atoms with van der Waals surface area (Å²) in [6.07, 6.45) is 0. The van der Waals surface area contributed by atoms with E-state index in [0.717, 1.165) is 16.7 Å². The van der Waals surface area contributed by atoms with Crippen LogP contribution in [0, 0.1) is 0 Å². The monoisotopic (exact) mass is 271 g/mol. The average Bonchev–Trinajstić information content (AvgIpc) is 2.91. The first-order valence-corrected chi connectivity index (χ1v) is 6.24. The largest absolute Gasteiger partial charge is 0.497 e. The number of aromatic nitrogens is 3. The Bertz CT molecular complexity index is 795. The number of ether oxygens (including phenoxy) is 2. The average molecular weight is 271 g/mol. The molecule has 0 atom stereocenters. The van der Waals surface area contributed by atoms with Gasteiger partial charge in [-0.05, 0) is 31.2 Å². The van der Waals surface area contributed by atoms with E-state index in [4.69, 9.17) is 9.47 Å². The molecule has 2 heterocycles. The van der Waals surface area contributed by atoms with Crippen LogP contribution >= 0.6 is 0 Å². The molecule has 0 N–H and O–H groups in total. The Hall–Kier alpha value is -2.63. The van der Waals surface area contributed by atoms with Crippen LogP contribution in [-0.2, 0) is 4.74 Å². The van der Waals surface area contributed by atoms with Gasteiger partial charge in [-0.2, -0.15) is 0 Å². The summed E-state index contributed by atoms with van der Waals surface area (Å²) in [4.78, 5) is 11.8. The van der Waals surface area contributed by atoms with Crippen LogP contribution < -0.4 is 4.74 Å². The number of carbonyl (C=O) groups is 1. The Balaban J connectivity index is 2.21. The van der Waals surface area contributed by atoms with E-state index < -0.39 is 5.97 Å². The molecule has 6 heteroatoms. The highest BCUT2D eigenvalue weighted by Gasteiger charge is 2.17. The molecule has 0 aliphatic rings. The van der Waals surface area contributed by atoms with Gasteiger partial charge in [0.05, 0.1) is 19.2 Å². The minimum absolute atomic E-state index is 0.226. The molecule has 2 aromatic heterocycles. The van der Waals surface area contributed by atoms with Gasteiger partial charge >= 0.3 is 5.97 Å². The molecule has 0 fully saturated rings. The third-order valence-electron chi connectivity index (χ3n) is 3.06. The maximum atomic E-state index is 11.8. The van der Waals surface area contributed by atoms with Crippen LogP contribution in [0.3, 0.4) is 0 Å². The Morgan fingerprint density at radius 2 is 2.05 bits per heavy atom. The summed E-state index contributed by atoms with van der Waals surface area (Å²) in [6.45, 7) is 2.06. The van der Waals surface area contributed by atoms with Crippen LogP contribution in [0.2, 0.25) is 0 Å². The van der Waals surface area contributed by atoms with Crippen molar-refractivity contribution < 1.29 is 14.3 Å². The number of hydrogen-bond acceptors (Lipinski definition) is 5. The van der Waals surface area contributed by atoms with Crippen molar-refractivity contribution in [2.24, 2.45) is 0 Å². The predicted octanol–water partition coefficient (Wildman–Crippen LogP) is 2.07. The van der Waals surface area contributed by atoms with Crippen LogP contribution in [0.5, 0.6) is 5.75 Å². The summed E-state index contributed by atoms with van der Waals surface area (Å²) in [5.74, 6) is 0.304. The van der Waals surface area contributed by atoms with E-state index in [1.807, 2.05) is 24.3 Å². The third kappa shape index (κ3) is 1.85. The number of rotatable bonds is 3. The lowest BCUT2D eigenvalue weighted by Gasteiger charge is -2.04. The van der Waals surface area contributed by atoms with Gasteiger partial charge in [-0.25, -0.2) is 9.31 Å². The van der Waals surface area contributed by atoms with Crippen molar-refractivity contribution in [3.05, 3.63) is 36.0 Å². The van der Waals surface area contributed by atoms with Crippen LogP contribution in [-0.4, -0.2) is 34.5 Å². The summed E-state index contributed by atoms with van der Waals surface area (Å²) in [5, 5.41) is 8.90. The molecular formula is C14H13N3O3. The molecule has 20 heavy (non-hydrogen) atoms. The van der Waals surface area contributed by atoms with E-state index in [2.05, 4.69) is 10.3 Å². The zero-order chi connectivity index (χ0) is 14.1. The number of methoxy groups -OCH3 is 1. The van der Waals surface area contributed by atoms with E-state index in [0.29, 0.717) is 12.1 Å². The summed E-state index contributed by atoms with van der Waals surface area (Å²) in [5.41, 5.74) is 1.71. The molecule has 0 aliphatic heterocycles. The molecule has 6 nitrogen and oxygen atoms in total. The Kier molecular flexibility index (Phi) is 2.98. The molecular weight excluding hydrogens is 258 g/mol. The van der Waals surface area contributed by atoms with Crippen LogP contribution in [0.4, 0.5) is 0 Å². The second kappa shape index (κ2) is 4.80. The number of benzene rings is 1. The van der Waals surface area contributed by atoms with Gasteiger partial charge in [0.1, 0.15) is 11.3 Å². The van der Waals surface area contributed by atoms with E-state index in [1.165, 1.54) is 0 Å². The lowest BCUT2D eigenvalue weighted by atomic mass is 10.2. The first kappa shape index (κ1) is 12.4. The van der Waals surface area contributed by atoms with Crippen molar-refractivity contribution in [2.45, 2.75) is 6.92 Å². The Morgan fingerprint density at radius 3 is 2.80 bits per heavy atom. The number of esters is 1. The summed E-state index contributed by atoms with van der Waals surface area (Å²) < 4.78 is 11.8. The molecule has 102 valence electrons. The van der Waals surface area contributed by atoms with Crippen molar-refractivity contribution in [3.8, 4) is 5.75 Å². The van der Waals surface area contributed by atoms with Gasteiger partial charge in [0.15, 0.2) is 5.69 Å². The van der Waals surface area contributed by atoms with Crippen molar-refractivity contribution >= 4 is 22.4 Å². The molecule has 3 aromatic rings. The van der Waals surface area contributed by atoms with E-state index >= 15 is 0 Å². The van der Waals surface area contributed by atoms with Gasteiger partial charge in [-0.1, -0.05) is 11.3 Å². The zero-order valence-electron chi connectivity index (χ0n) is 11.2. The fourth-order valence-corrected chi connectivity index (χ4v) is 2.12. The highest BCUT2D eigenvalue weighted by molar-refractivity contribution is 5.96. The lowest BCUT2D eigenvalue weighted by Crippen LogP contribution is -2.05. The molecule has 0 saturated heterocycles. The van der Waals surface area contributed by atoms with Gasteiger partial charge in [0, 0.05) is 5.39 Å². The highest BCUT2D eigenvalue weighted by atomic mass is 16.5. The van der Waals surface area contributed by atoms with Crippen molar-refractivity contribution in [2.75, 3.05) is 13.7 Å². The maximum absolute atomic E-state index is 11.8. The van der Waals surface area contributed by atoms with Crippen molar-refractivity contribution in [1.82, 2.24) is 14.8 Å². The number of fused-ring (bicyclic) bond motifs is 3. The molecule has 0 amide bonds. The summed E-state index contributed by atoms with van der Waals surface area (Å²) >= 11 is 0. The summed E-state index contributed by atoms with van der Waals surface area (Å²) in [7, 11) is 1.62.